The molecule has 4 rings (SSSR count). The lowest BCUT2D eigenvalue weighted by Crippen LogP contribution is -2.11. The fraction of sp³-hybridized carbons (Fsp3) is 0.0909. The van der Waals surface area contributed by atoms with Crippen molar-refractivity contribution in [2.75, 3.05) is 13.2 Å². The van der Waals surface area contributed by atoms with Crippen LogP contribution in [0.4, 0.5) is 0 Å². The molecule has 0 saturated heterocycles. The van der Waals surface area contributed by atoms with Gasteiger partial charge in [-0.3, -0.25) is 4.79 Å². The van der Waals surface area contributed by atoms with E-state index in [9.17, 15) is 14.7 Å². The van der Waals surface area contributed by atoms with Gasteiger partial charge in [-0.1, -0.05) is 18.2 Å². The Hall–Kier alpha value is -1.72. The molecule has 2 aliphatic rings. The second-order valence-corrected chi connectivity index (χ2v) is 9.95. The van der Waals surface area contributed by atoms with Crippen molar-refractivity contribution in [3.63, 3.8) is 0 Å². The van der Waals surface area contributed by atoms with Crippen LogP contribution in [0.15, 0.2) is 63.5 Å². The Labute approximate surface area is 215 Å². The summed E-state index contributed by atoms with van der Waals surface area (Å²) in [6, 6.07) is 10.2. The zero-order valence-electron chi connectivity index (χ0n) is 15.9. The number of benzene rings is 3. The van der Waals surface area contributed by atoms with Gasteiger partial charge in [-0.15, -0.1) is 0 Å². The van der Waals surface area contributed by atoms with E-state index >= 15 is 0 Å². The lowest BCUT2D eigenvalue weighted by molar-refractivity contribution is 0.0434. The number of ether oxygens (including phenoxy) is 1. The smallest absolute Gasteiger partial charge is 0.338 e. The van der Waals surface area contributed by atoms with Gasteiger partial charge in [0.25, 0.3) is 0 Å². The number of carbonyl (C=O) groups excluding carboxylic acids is 1. The predicted octanol–water partition coefficient (Wildman–Crippen LogP) is 6.47. The summed E-state index contributed by atoms with van der Waals surface area (Å²) in [6.45, 7) is -0.435. The minimum atomic E-state index is -0.604. The van der Waals surface area contributed by atoms with E-state index in [1.807, 2.05) is 0 Å². The Morgan fingerprint density at radius 3 is 2.44 bits per heavy atom. The van der Waals surface area contributed by atoms with E-state index in [1.165, 1.54) is 0 Å². The Morgan fingerprint density at radius 1 is 1.00 bits per heavy atom. The van der Waals surface area contributed by atoms with Gasteiger partial charge in [0.05, 0.1) is 21.1 Å². The summed E-state index contributed by atoms with van der Waals surface area (Å²) in [5, 5.41) is 20.0. The zero-order chi connectivity index (χ0) is 23.2. The number of hydrogen-bond donors (Lipinski definition) is 2. The minimum Gasteiger partial charge on any atom is -0.505 e. The third-order valence-corrected chi connectivity index (χ3v) is 7.41. The molecule has 0 aromatic heterocycles. The first kappa shape index (κ1) is 23.4. The first-order valence-corrected chi connectivity index (χ1v) is 12.3. The SMILES string of the molecule is O=C(OCCO)c1ccccc1-c1c2cc(Br)c(=O)c(Br)c-2oc2c(Br)c(O)c(Br)cc12. The van der Waals surface area contributed by atoms with Gasteiger partial charge in [0.15, 0.2) is 11.3 Å². The van der Waals surface area contributed by atoms with Gasteiger partial charge < -0.3 is 19.4 Å². The fourth-order valence-corrected chi connectivity index (χ4v) is 5.78. The average molecular weight is 692 g/mol. The molecule has 2 N–H and O–H groups in total. The fourth-order valence-electron chi connectivity index (χ4n) is 3.38. The number of phenolic OH excluding ortho intramolecular Hbond substituents is 1. The molecule has 2 aromatic carbocycles. The standard InChI is InChI=1S/C22H12Br4O6/c23-13-7-11-15(9-3-1-2-4-10(9)22(30)31-6-5-27)12-8-14(24)19(29)17(26)21(12)32-20(11)16(25)18(13)28/h1-4,7-8,27-28H,5-6H2. The third kappa shape index (κ3) is 3.92. The second-order valence-electron chi connectivity index (χ2n) is 6.66. The molecule has 0 radical (unpaired) electrons. The van der Waals surface area contributed by atoms with Gasteiger partial charge in [-0.05, 0) is 87.5 Å². The lowest BCUT2D eigenvalue weighted by atomic mass is 9.91. The van der Waals surface area contributed by atoms with Crippen LogP contribution in [-0.4, -0.2) is 29.4 Å². The van der Waals surface area contributed by atoms with E-state index in [4.69, 9.17) is 14.3 Å². The summed E-state index contributed by atoms with van der Waals surface area (Å²) in [5.41, 5.74) is 1.94. The van der Waals surface area contributed by atoms with E-state index in [2.05, 4.69) is 63.7 Å². The number of aliphatic hydroxyl groups excluding tert-OH is 1. The summed E-state index contributed by atoms with van der Waals surface area (Å²) in [5.74, 6) is -0.424. The number of esters is 1. The molecule has 0 atom stereocenters. The zero-order valence-corrected chi connectivity index (χ0v) is 22.3. The third-order valence-electron chi connectivity index (χ3n) is 4.76. The molecule has 0 fully saturated rings. The Bertz CT molecular complexity index is 1410. The molecule has 1 aliphatic carbocycles. The number of hydrogen-bond acceptors (Lipinski definition) is 6. The van der Waals surface area contributed by atoms with Gasteiger partial charge in [0.2, 0.25) is 5.43 Å². The van der Waals surface area contributed by atoms with Gasteiger partial charge in [-0.2, -0.15) is 0 Å². The van der Waals surface area contributed by atoms with Crippen LogP contribution < -0.4 is 5.43 Å². The number of phenols is 1. The molecular weight excluding hydrogens is 680 g/mol. The van der Waals surface area contributed by atoms with Crippen LogP contribution in [0.2, 0.25) is 0 Å². The van der Waals surface area contributed by atoms with Crippen molar-refractivity contribution in [1.82, 2.24) is 0 Å². The summed E-state index contributed by atoms with van der Waals surface area (Å²) >= 11 is 13.3. The first-order chi connectivity index (χ1) is 15.3. The highest BCUT2D eigenvalue weighted by molar-refractivity contribution is 9.11. The predicted molar refractivity (Wildman–Crippen MR) is 134 cm³/mol. The number of rotatable bonds is 4. The molecule has 6 nitrogen and oxygen atoms in total. The normalized spacial score (nSPS) is 11.3. The molecule has 0 bridgehead atoms. The maximum Gasteiger partial charge on any atom is 0.338 e. The first-order valence-electron chi connectivity index (χ1n) is 9.09. The minimum absolute atomic E-state index is 0.0715. The quantitative estimate of drug-likeness (QED) is 0.188. The molecule has 164 valence electrons. The van der Waals surface area contributed by atoms with Crippen molar-refractivity contribution in [3.8, 4) is 28.2 Å². The number of halogens is 4. The van der Waals surface area contributed by atoms with Crippen molar-refractivity contribution >= 4 is 80.7 Å². The average Bonchev–Trinajstić information content (AvgIpc) is 2.79. The number of aromatic hydroxyl groups is 1. The molecule has 0 spiro atoms. The van der Waals surface area contributed by atoms with E-state index in [0.717, 1.165) is 0 Å². The maximum atomic E-state index is 12.8. The highest BCUT2D eigenvalue weighted by atomic mass is 79.9. The van der Waals surface area contributed by atoms with E-state index in [1.54, 1.807) is 36.4 Å². The van der Waals surface area contributed by atoms with Gasteiger partial charge >= 0.3 is 5.97 Å². The maximum absolute atomic E-state index is 12.8. The Kier molecular flexibility index (Phi) is 6.78. The van der Waals surface area contributed by atoms with Crippen LogP contribution >= 0.6 is 63.7 Å². The monoisotopic (exact) mass is 688 g/mol. The summed E-state index contributed by atoms with van der Waals surface area (Å²) in [4.78, 5) is 25.3. The molecule has 0 unspecified atom stereocenters. The Balaban J connectivity index is 2.20. The van der Waals surface area contributed by atoms with Crippen molar-refractivity contribution in [3.05, 3.63) is 70.1 Å². The van der Waals surface area contributed by atoms with Crippen LogP contribution in [0.25, 0.3) is 33.4 Å². The van der Waals surface area contributed by atoms with Crippen molar-refractivity contribution in [2.45, 2.75) is 0 Å². The van der Waals surface area contributed by atoms with E-state index < -0.39 is 5.97 Å². The van der Waals surface area contributed by atoms with Crippen LogP contribution in [0.3, 0.4) is 0 Å². The van der Waals surface area contributed by atoms with E-state index in [0.29, 0.717) is 31.0 Å². The van der Waals surface area contributed by atoms with E-state index in [-0.39, 0.29) is 50.2 Å². The Morgan fingerprint density at radius 2 is 1.72 bits per heavy atom. The topological polar surface area (TPSA) is 97.0 Å². The van der Waals surface area contributed by atoms with Gasteiger partial charge in [-0.25, -0.2) is 4.79 Å². The molecular formula is C22H12Br4O6. The van der Waals surface area contributed by atoms with Crippen LogP contribution in [0, 0.1) is 0 Å². The highest BCUT2D eigenvalue weighted by Crippen LogP contribution is 2.49. The lowest BCUT2D eigenvalue weighted by Gasteiger charge is -2.19. The second kappa shape index (κ2) is 9.26. The number of fused-ring (bicyclic) bond motifs is 2. The van der Waals surface area contributed by atoms with Crippen LogP contribution in [-0.2, 0) is 4.74 Å². The molecule has 32 heavy (non-hydrogen) atoms. The van der Waals surface area contributed by atoms with Crippen molar-refractivity contribution in [1.29, 1.82) is 0 Å². The molecule has 2 aromatic rings. The molecule has 10 heteroatoms. The van der Waals surface area contributed by atoms with Crippen LogP contribution in [0.1, 0.15) is 10.4 Å². The van der Waals surface area contributed by atoms with Gasteiger partial charge in [0.1, 0.15) is 21.3 Å². The van der Waals surface area contributed by atoms with Crippen LogP contribution in [0.5, 0.6) is 5.75 Å². The summed E-state index contributed by atoms with van der Waals surface area (Å²) in [6.07, 6.45) is 0. The number of aliphatic hydroxyl groups is 1. The molecule has 1 aliphatic heterocycles. The van der Waals surface area contributed by atoms with Crippen molar-refractivity contribution in [2.24, 2.45) is 0 Å². The summed E-state index contributed by atoms with van der Waals surface area (Å²) < 4.78 is 12.4. The molecule has 0 amide bonds. The molecule has 0 saturated carbocycles. The van der Waals surface area contributed by atoms with Gasteiger partial charge in [0, 0.05) is 16.5 Å². The van der Waals surface area contributed by atoms with Crippen molar-refractivity contribution < 1.29 is 24.2 Å². The largest absolute Gasteiger partial charge is 0.505 e. The summed E-state index contributed by atoms with van der Waals surface area (Å²) in [7, 11) is 0. The number of carbonyl (C=O) groups is 1. The molecule has 1 heterocycles. The highest BCUT2D eigenvalue weighted by Gasteiger charge is 2.27.